The maximum Gasteiger partial charge on any atom is 0.310 e. The Hall–Kier alpha value is -3.54. The van der Waals surface area contributed by atoms with E-state index in [1.807, 2.05) is 12.2 Å². The number of rotatable bonds is 4. The number of benzene rings is 2. The van der Waals surface area contributed by atoms with E-state index in [9.17, 15) is 19.2 Å². The summed E-state index contributed by atoms with van der Waals surface area (Å²) in [4.78, 5) is 50.2. The fourth-order valence-electron chi connectivity index (χ4n) is 3.75. The van der Waals surface area contributed by atoms with Gasteiger partial charge in [-0.1, -0.05) is 36.4 Å². The highest BCUT2D eigenvalue weighted by molar-refractivity contribution is 6.28. The first-order valence-corrected chi connectivity index (χ1v) is 9.94. The van der Waals surface area contributed by atoms with Gasteiger partial charge in [-0.3, -0.25) is 19.2 Å². The lowest BCUT2D eigenvalue weighted by atomic mass is 9.84. The van der Waals surface area contributed by atoms with Crippen LogP contribution in [-0.4, -0.2) is 29.5 Å². The second-order valence-electron chi connectivity index (χ2n) is 7.51. The summed E-state index contributed by atoms with van der Waals surface area (Å²) in [5, 5.41) is 2.67. The third kappa shape index (κ3) is 3.68. The van der Waals surface area contributed by atoms with Crippen LogP contribution in [0.25, 0.3) is 0 Å². The van der Waals surface area contributed by atoms with Crippen LogP contribution in [0.1, 0.15) is 58.0 Å². The van der Waals surface area contributed by atoms with Crippen LogP contribution in [0.4, 0.5) is 5.69 Å². The molecule has 1 N–H and O–H groups in total. The summed E-state index contributed by atoms with van der Waals surface area (Å²) >= 11 is 0. The number of anilines is 1. The number of carbonyl (C=O) groups is 4. The molecule has 0 aromatic heterocycles. The minimum Gasteiger partial charge on any atom is -0.452 e. The van der Waals surface area contributed by atoms with Crippen LogP contribution in [0.15, 0.2) is 54.6 Å². The molecule has 4 rings (SSSR count). The molecule has 152 valence electrons. The first-order valence-electron chi connectivity index (χ1n) is 9.94. The lowest BCUT2D eigenvalue weighted by Gasteiger charge is -2.20. The van der Waals surface area contributed by atoms with Crippen molar-refractivity contribution in [3.05, 3.63) is 76.9 Å². The fourth-order valence-corrected chi connectivity index (χ4v) is 3.75. The molecule has 2 aromatic carbocycles. The minimum absolute atomic E-state index is 0.220. The van der Waals surface area contributed by atoms with Gasteiger partial charge in [-0.2, -0.15) is 0 Å². The topological polar surface area (TPSA) is 89.5 Å². The average Bonchev–Trinajstić information content (AvgIpc) is 2.78. The molecule has 2 atom stereocenters. The van der Waals surface area contributed by atoms with Gasteiger partial charge in [-0.25, -0.2) is 0 Å². The predicted molar refractivity (Wildman–Crippen MR) is 110 cm³/mol. The van der Waals surface area contributed by atoms with E-state index in [0.717, 1.165) is 6.42 Å². The molecular weight excluding hydrogens is 382 g/mol. The zero-order chi connectivity index (χ0) is 21.3. The third-order valence-electron chi connectivity index (χ3n) is 5.46. The van der Waals surface area contributed by atoms with Gasteiger partial charge in [0.2, 0.25) is 0 Å². The number of fused-ring (bicyclic) bond motifs is 2. The van der Waals surface area contributed by atoms with Gasteiger partial charge in [0.05, 0.1) is 5.92 Å². The van der Waals surface area contributed by atoms with E-state index in [1.165, 1.54) is 19.1 Å². The van der Waals surface area contributed by atoms with Crippen LogP contribution >= 0.6 is 0 Å². The number of ether oxygens (including phenoxy) is 1. The molecule has 0 fully saturated rings. The highest BCUT2D eigenvalue weighted by Gasteiger charge is 2.30. The molecular formula is C24H21NO5. The molecule has 0 radical (unpaired) electrons. The van der Waals surface area contributed by atoms with E-state index in [2.05, 4.69) is 5.32 Å². The monoisotopic (exact) mass is 403 g/mol. The van der Waals surface area contributed by atoms with Gasteiger partial charge in [-0.05, 0) is 44.4 Å². The van der Waals surface area contributed by atoms with Crippen LogP contribution in [-0.2, 0) is 14.3 Å². The molecule has 0 saturated carbocycles. The molecule has 30 heavy (non-hydrogen) atoms. The molecule has 0 heterocycles. The summed E-state index contributed by atoms with van der Waals surface area (Å²) in [5.41, 5.74) is 1.65. The SMILES string of the molecule is C[C@@H](OC(=O)[C@H]1CC=CCC1)C(=O)Nc1ccc2c(c1)C(=O)c1ccccc1C2=O. The third-order valence-corrected chi connectivity index (χ3v) is 5.46. The molecule has 0 spiro atoms. The Labute approximate surface area is 173 Å². The number of hydrogen-bond donors (Lipinski definition) is 1. The largest absolute Gasteiger partial charge is 0.452 e. The van der Waals surface area contributed by atoms with Crippen LogP contribution in [0, 0.1) is 5.92 Å². The number of hydrogen-bond acceptors (Lipinski definition) is 5. The molecule has 2 aliphatic rings. The smallest absolute Gasteiger partial charge is 0.310 e. The van der Waals surface area contributed by atoms with E-state index in [-0.39, 0.29) is 29.0 Å². The summed E-state index contributed by atoms with van der Waals surface area (Å²) in [6, 6.07) is 11.3. The van der Waals surface area contributed by atoms with Gasteiger partial charge < -0.3 is 10.1 Å². The number of nitrogens with one attached hydrogen (secondary N) is 1. The molecule has 2 aromatic rings. The minimum atomic E-state index is -0.975. The Bertz CT molecular complexity index is 1080. The van der Waals surface area contributed by atoms with Crippen LogP contribution in [0.3, 0.4) is 0 Å². The fraction of sp³-hybridized carbons (Fsp3) is 0.250. The summed E-state index contributed by atoms with van der Waals surface area (Å²) < 4.78 is 5.32. The van der Waals surface area contributed by atoms with Crippen molar-refractivity contribution in [1.82, 2.24) is 0 Å². The van der Waals surface area contributed by atoms with Crippen molar-refractivity contribution in [3.8, 4) is 0 Å². The average molecular weight is 403 g/mol. The highest BCUT2D eigenvalue weighted by Crippen LogP contribution is 2.29. The van der Waals surface area contributed by atoms with E-state index in [1.54, 1.807) is 30.3 Å². The van der Waals surface area contributed by atoms with Crippen molar-refractivity contribution >= 4 is 29.1 Å². The first kappa shape index (κ1) is 19.8. The second kappa shape index (κ2) is 8.06. The predicted octanol–water partition coefficient (Wildman–Crippen LogP) is 3.69. The molecule has 0 unspecified atom stereocenters. The van der Waals surface area contributed by atoms with Crippen molar-refractivity contribution in [3.63, 3.8) is 0 Å². The van der Waals surface area contributed by atoms with E-state index >= 15 is 0 Å². The van der Waals surface area contributed by atoms with Crippen molar-refractivity contribution in [2.75, 3.05) is 5.32 Å². The number of esters is 1. The normalized spacial score (nSPS) is 18.2. The highest BCUT2D eigenvalue weighted by atomic mass is 16.5. The van der Waals surface area contributed by atoms with E-state index in [4.69, 9.17) is 4.74 Å². The van der Waals surface area contributed by atoms with Gasteiger partial charge in [0.25, 0.3) is 5.91 Å². The van der Waals surface area contributed by atoms with E-state index in [0.29, 0.717) is 35.2 Å². The summed E-state index contributed by atoms with van der Waals surface area (Å²) in [7, 11) is 0. The molecule has 2 aliphatic carbocycles. The molecule has 1 amide bonds. The summed E-state index contributed by atoms with van der Waals surface area (Å²) in [5.74, 6) is -1.59. The van der Waals surface area contributed by atoms with Gasteiger partial charge in [0.15, 0.2) is 17.7 Å². The molecule has 0 saturated heterocycles. The number of ketones is 2. The van der Waals surface area contributed by atoms with E-state index < -0.39 is 12.0 Å². The number of allylic oxidation sites excluding steroid dienone is 2. The van der Waals surface area contributed by atoms with Gasteiger partial charge in [0, 0.05) is 27.9 Å². The standard InChI is InChI=1S/C24H21NO5/c1-14(30-24(29)15-7-3-2-4-8-15)23(28)25-16-11-12-19-20(13-16)22(27)18-10-6-5-9-17(18)21(19)26/h2-3,5-6,9-15H,4,7-8H2,1H3,(H,25,28)/t14-,15+/m1/s1. The Morgan fingerprint density at radius 3 is 2.30 bits per heavy atom. The van der Waals surface area contributed by atoms with Crippen molar-refractivity contribution in [1.29, 1.82) is 0 Å². The molecule has 0 aliphatic heterocycles. The Morgan fingerprint density at radius 1 is 0.967 bits per heavy atom. The quantitative estimate of drug-likeness (QED) is 0.530. The Balaban J connectivity index is 1.47. The zero-order valence-electron chi connectivity index (χ0n) is 16.5. The summed E-state index contributed by atoms with van der Waals surface area (Å²) in [6.07, 6.45) is 5.16. The van der Waals surface area contributed by atoms with Crippen LogP contribution < -0.4 is 5.32 Å². The maximum absolute atomic E-state index is 12.8. The van der Waals surface area contributed by atoms with Crippen molar-refractivity contribution in [2.24, 2.45) is 5.92 Å². The Morgan fingerprint density at radius 2 is 1.63 bits per heavy atom. The number of amides is 1. The van der Waals surface area contributed by atoms with Crippen LogP contribution in [0.2, 0.25) is 0 Å². The van der Waals surface area contributed by atoms with Crippen molar-refractivity contribution in [2.45, 2.75) is 32.3 Å². The lowest BCUT2D eigenvalue weighted by molar-refractivity contribution is -0.157. The van der Waals surface area contributed by atoms with Gasteiger partial charge >= 0.3 is 5.97 Å². The van der Waals surface area contributed by atoms with Crippen LogP contribution in [0.5, 0.6) is 0 Å². The molecule has 6 heteroatoms. The first-order chi connectivity index (χ1) is 14.5. The maximum atomic E-state index is 12.8. The lowest BCUT2D eigenvalue weighted by Crippen LogP contribution is -2.32. The molecule has 6 nitrogen and oxygen atoms in total. The zero-order valence-corrected chi connectivity index (χ0v) is 16.5. The second-order valence-corrected chi connectivity index (χ2v) is 7.51. The van der Waals surface area contributed by atoms with Gasteiger partial charge in [0.1, 0.15) is 0 Å². The summed E-state index contributed by atoms with van der Waals surface area (Å²) in [6.45, 7) is 1.51. The Kier molecular flexibility index (Phi) is 5.31. The number of carbonyl (C=O) groups excluding carboxylic acids is 4. The van der Waals surface area contributed by atoms with Gasteiger partial charge in [-0.15, -0.1) is 0 Å². The van der Waals surface area contributed by atoms with Crippen molar-refractivity contribution < 1.29 is 23.9 Å². The molecule has 0 bridgehead atoms.